The molecule has 0 aliphatic heterocycles. The van der Waals surface area contributed by atoms with Crippen molar-refractivity contribution in [3.8, 4) is 5.75 Å². The van der Waals surface area contributed by atoms with Crippen molar-refractivity contribution in [1.29, 1.82) is 0 Å². The highest BCUT2D eigenvalue weighted by atomic mass is 79.9. The molecule has 0 spiro atoms. The SMILES string of the molecule is COc1ccc(C2(NC(=S)Nc3ccc(Br)c(Cl)c3)CCCC2)cc1. The molecule has 0 bridgehead atoms. The van der Waals surface area contributed by atoms with E-state index in [1.807, 2.05) is 30.3 Å². The molecule has 25 heavy (non-hydrogen) atoms. The number of anilines is 1. The van der Waals surface area contributed by atoms with Crippen LogP contribution >= 0.6 is 39.7 Å². The highest BCUT2D eigenvalue weighted by molar-refractivity contribution is 9.10. The number of benzene rings is 2. The Morgan fingerprint density at radius 1 is 1.16 bits per heavy atom. The van der Waals surface area contributed by atoms with E-state index in [1.165, 1.54) is 18.4 Å². The summed E-state index contributed by atoms with van der Waals surface area (Å²) in [5.74, 6) is 0.863. The molecule has 0 heterocycles. The lowest BCUT2D eigenvalue weighted by Crippen LogP contribution is -2.45. The lowest BCUT2D eigenvalue weighted by Gasteiger charge is -2.32. The van der Waals surface area contributed by atoms with Crippen molar-refractivity contribution < 1.29 is 4.74 Å². The number of hydrogen-bond acceptors (Lipinski definition) is 2. The second kappa shape index (κ2) is 7.94. The first-order chi connectivity index (χ1) is 12.0. The molecule has 6 heteroatoms. The summed E-state index contributed by atoms with van der Waals surface area (Å²) in [6.45, 7) is 0. The molecule has 1 aliphatic carbocycles. The van der Waals surface area contributed by atoms with E-state index in [-0.39, 0.29) is 5.54 Å². The highest BCUT2D eigenvalue weighted by Gasteiger charge is 2.36. The van der Waals surface area contributed by atoms with Crippen molar-refractivity contribution in [3.63, 3.8) is 0 Å². The molecular weight excluding hydrogens is 420 g/mol. The minimum atomic E-state index is -0.129. The Labute approximate surface area is 167 Å². The predicted molar refractivity (Wildman–Crippen MR) is 112 cm³/mol. The van der Waals surface area contributed by atoms with Crippen molar-refractivity contribution in [2.45, 2.75) is 31.2 Å². The van der Waals surface area contributed by atoms with Crippen LogP contribution in [0.3, 0.4) is 0 Å². The summed E-state index contributed by atoms with van der Waals surface area (Å²) < 4.78 is 6.14. The fourth-order valence-electron chi connectivity index (χ4n) is 3.33. The van der Waals surface area contributed by atoms with Gasteiger partial charge in [-0.05, 0) is 76.9 Å². The first-order valence-electron chi connectivity index (χ1n) is 8.21. The van der Waals surface area contributed by atoms with Crippen molar-refractivity contribution in [1.82, 2.24) is 5.32 Å². The summed E-state index contributed by atoms with van der Waals surface area (Å²) >= 11 is 15.1. The van der Waals surface area contributed by atoms with Crippen LogP contribution in [0.25, 0.3) is 0 Å². The van der Waals surface area contributed by atoms with Crippen LogP contribution in [0.1, 0.15) is 31.2 Å². The van der Waals surface area contributed by atoms with Gasteiger partial charge in [0.15, 0.2) is 5.11 Å². The lowest BCUT2D eigenvalue weighted by molar-refractivity contribution is 0.401. The van der Waals surface area contributed by atoms with E-state index in [4.69, 9.17) is 28.6 Å². The van der Waals surface area contributed by atoms with Crippen molar-refractivity contribution in [3.05, 3.63) is 57.5 Å². The summed E-state index contributed by atoms with van der Waals surface area (Å²) in [5, 5.41) is 8.06. The molecule has 2 N–H and O–H groups in total. The molecule has 1 saturated carbocycles. The Hall–Kier alpha value is -1.30. The Morgan fingerprint density at radius 2 is 1.84 bits per heavy atom. The van der Waals surface area contributed by atoms with Gasteiger partial charge in [-0.3, -0.25) is 0 Å². The Bertz CT molecular complexity index is 761. The number of ether oxygens (including phenoxy) is 1. The van der Waals surface area contributed by atoms with E-state index in [0.29, 0.717) is 10.1 Å². The monoisotopic (exact) mass is 438 g/mol. The third-order valence-corrected chi connectivity index (χ3v) is 6.07. The van der Waals surface area contributed by atoms with Gasteiger partial charge in [0.05, 0.1) is 17.7 Å². The standard InChI is InChI=1S/C19H20BrClN2OS/c1-24-15-7-4-13(5-8-15)19(10-2-3-11-19)23-18(25)22-14-6-9-16(20)17(21)12-14/h4-9,12H,2-3,10-11H2,1H3,(H2,22,23,25). The summed E-state index contributed by atoms with van der Waals surface area (Å²) in [5.41, 5.74) is 1.98. The number of halogens is 2. The molecule has 0 unspecified atom stereocenters. The maximum atomic E-state index is 6.16. The summed E-state index contributed by atoms with van der Waals surface area (Å²) in [6.07, 6.45) is 4.49. The molecule has 0 saturated heterocycles. The number of nitrogens with one attached hydrogen (secondary N) is 2. The van der Waals surface area contributed by atoms with Crippen LogP contribution in [-0.4, -0.2) is 12.2 Å². The van der Waals surface area contributed by atoms with Gasteiger partial charge in [-0.1, -0.05) is 36.6 Å². The Morgan fingerprint density at radius 3 is 2.44 bits per heavy atom. The smallest absolute Gasteiger partial charge is 0.171 e. The maximum Gasteiger partial charge on any atom is 0.171 e. The zero-order chi connectivity index (χ0) is 17.9. The molecule has 1 aliphatic rings. The van der Waals surface area contributed by atoms with Gasteiger partial charge in [0, 0.05) is 10.2 Å². The molecule has 0 atom stereocenters. The predicted octanol–water partition coefficient (Wildman–Crippen LogP) is 5.87. The number of hydrogen-bond donors (Lipinski definition) is 2. The van der Waals surface area contributed by atoms with Crippen molar-refractivity contribution >= 4 is 50.5 Å². The van der Waals surface area contributed by atoms with Crippen molar-refractivity contribution in [2.24, 2.45) is 0 Å². The number of thiocarbonyl (C=S) groups is 1. The number of rotatable bonds is 4. The molecule has 2 aromatic rings. The molecule has 1 fully saturated rings. The third kappa shape index (κ3) is 4.27. The van der Waals surface area contributed by atoms with E-state index in [0.717, 1.165) is 28.8 Å². The van der Waals surface area contributed by atoms with Crippen LogP contribution in [0.4, 0.5) is 5.69 Å². The summed E-state index contributed by atoms with van der Waals surface area (Å²) in [6, 6.07) is 14.0. The molecule has 0 aromatic heterocycles. The average Bonchev–Trinajstić information content (AvgIpc) is 3.08. The molecule has 3 rings (SSSR count). The van der Waals surface area contributed by atoms with Gasteiger partial charge in [0.1, 0.15) is 5.75 Å². The molecule has 0 amide bonds. The van der Waals surface area contributed by atoms with Gasteiger partial charge in [0.2, 0.25) is 0 Å². The zero-order valence-corrected chi connectivity index (χ0v) is 17.1. The largest absolute Gasteiger partial charge is 0.497 e. The van der Waals surface area contributed by atoms with Crippen LogP contribution in [0.5, 0.6) is 5.75 Å². The van der Waals surface area contributed by atoms with E-state index >= 15 is 0 Å². The van der Waals surface area contributed by atoms with E-state index in [9.17, 15) is 0 Å². The molecule has 0 radical (unpaired) electrons. The normalized spacial score (nSPS) is 15.6. The van der Waals surface area contributed by atoms with Gasteiger partial charge in [-0.15, -0.1) is 0 Å². The van der Waals surface area contributed by atoms with Crippen LogP contribution in [0.15, 0.2) is 46.9 Å². The third-order valence-electron chi connectivity index (χ3n) is 4.63. The van der Waals surface area contributed by atoms with Crippen LogP contribution in [-0.2, 0) is 5.54 Å². The molecule has 132 valence electrons. The topological polar surface area (TPSA) is 33.3 Å². The first kappa shape index (κ1) is 18.5. The zero-order valence-electron chi connectivity index (χ0n) is 13.9. The van der Waals surface area contributed by atoms with Gasteiger partial charge in [-0.25, -0.2) is 0 Å². The summed E-state index contributed by atoms with van der Waals surface area (Å²) in [4.78, 5) is 0. The average molecular weight is 440 g/mol. The van der Waals surface area contributed by atoms with Crippen LogP contribution in [0, 0.1) is 0 Å². The second-order valence-corrected chi connectivity index (χ2v) is 7.90. The van der Waals surface area contributed by atoms with E-state index in [1.54, 1.807) is 7.11 Å². The quantitative estimate of drug-likeness (QED) is 0.584. The van der Waals surface area contributed by atoms with Gasteiger partial charge in [-0.2, -0.15) is 0 Å². The van der Waals surface area contributed by atoms with Gasteiger partial charge in [0.25, 0.3) is 0 Å². The van der Waals surface area contributed by atoms with E-state index in [2.05, 4.69) is 38.7 Å². The van der Waals surface area contributed by atoms with Crippen LogP contribution < -0.4 is 15.4 Å². The van der Waals surface area contributed by atoms with E-state index < -0.39 is 0 Å². The minimum absolute atomic E-state index is 0.129. The molecule has 2 aromatic carbocycles. The van der Waals surface area contributed by atoms with Crippen LogP contribution in [0.2, 0.25) is 5.02 Å². The second-order valence-electron chi connectivity index (χ2n) is 6.23. The molecular formula is C19H20BrClN2OS. The first-order valence-corrected chi connectivity index (χ1v) is 9.79. The number of methoxy groups -OCH3 is 1. The Kier molecular flexibility index (Phi) is 5.87. The maximum absolute atomic E-state index is 6.16. The van der Waals surface area contributed by atoms with Crippen molar-refractivity contribution in [2.75, 3.05) is 12.4 Å². The molecule has 3 nitrogen and oxygen atoms in total. The minimum Gasteiger partial charge on any atom is -0.497 e. The summed E-state index contributed by atoms with van der Waals surface area (Å²) in [7, 11) is 1.68. The van der Waals surface area contributed by atoms with Gasteiger partial charge >= 0.3 is 0 Å². The fraction of sp³-hybridized carbons (Fsp3) is 0.316. The van der Waals surface area contributed by atoms with Gasteiger partial charge < -0.3 is 15.4 Å². The highest BCUT2D eigenvalue weighted by Crippen LogP contribution is 2.39. The fourth-order valence-corrected chi connectivity index (χ4v) is 4.07. The Balaban J connectivity index is 1.76. The lowest BCUT2D eigenvalue weighted by atomic mass is 9.88.